The van der Waals surface area contributed by atoms with E-state index in [1.807, 2.05) is 11.4 Å². The smallest absolute Gasteiger partial charge is 0.370 e. The first-order valence-electron chi connectivity index (χ1n) is 6.68. The number of nitrogens with zero attached hydrogens (tertiary/aromatic N) is 2. The Labute approximate surface area is 150 Å². The molecule has 0 radical (unpaired) electrons. The van der Waals surface area contributed by atoms with Gasteiger partial charge in [-0.25, -0.2) is 0 Å². The van der Waals surface area contributed by atoms with Crippen LogP contribution in [-0.4, -0.2) is 50.3 Å². The molecule has 22 heavy (non-hydrogen) atoms. The highest BCUT2D eigenvalue weighted by atomic mass is 127. The van der Waals surface area contributed by atoms with Crippen LogP contribution in [0.4, 0.5) is 13.2 Å². The third-order valence-corrected chi connectivity index (χ3v) is 3.62. The van der Waals surface area contributed by atoms with E-state index in [0.717, 1.165) is 6.42 Å². The van der Waals surface area contributed by atoms with Crippen LogP contribution in [0.25, 0.3) is 0 Å². The molecule has 1 heterocycles. The Kier molecular flexibility index (Phi) is 10.8. The van der Waals surface area contributed by atoms with Gasteiger partial charge in [0.15, 0.2) is 5.96 Å². The van der Waals surface area contributed by atoms with Crippen LogP contribution >= 0.6 is 35.3 Å². The van der Waals surface area contributed by atoms with Crippen molar-refractivity contribution >= 4 is 41.3 Å². The highest BCUT2D eigenvalue weighted by molar-refractivity contribution is 14.0. The second-order valence-electron chi connectivity index (χ2n) is 4.73. The average molecular weight is 450 g/mol. The number of alkyl halides is 3. The van der Waals surface area contributed by atoms with Gasteiger partial charge in [0.2, 0.25) is 0 Å². The topological polar surface area (TPSA) is 53.6 Å². The number of guanidine groups is 1. The van der Waals surface area contributed by atoms with Crippen LogP contribution in [-0.2, 0) is 6.42 Å². The molecule has 0 aliphatic carbocycles. The van der Waals surface area contributed by atoms with E-state index in [4.69, 9.17) is 5.73 Å². The molecule has 0 saturated heterocycles. The minimum absolute atomic E-state index is 0. The number of aliphatic imine (C=N–C) groups is 1. The van der Waals surface area contributed by atoms with E-state index >= 15 is 0 Å². The number of thiophene rings is 1. The van der Waals surface area contributed by atoms with Gasteiger partial charge in [-0.2, -0.15) is 13.2 Å². The monoisotopic (exact) mass is 450 g/mol. The highest BCUT2D eigenvalue weighted by Crippen LogP contribution is 2.15. The molecule has 0 spiro atoms. The van der Waals surface area contributed by atoms with E-state index in [1.54, 1.807) is 11.3 Å². The van der Waals surface area contributed by atoms with Crippen molar-refractivity contribution in [3.8, 4) is 0 Å². The zero-order valence-corrected chi connectivity index (χ0v) is 15.5. The van der Waals surface area contributed by atoms with Crippen LogP contribution in [0.1, 0.15) is 11.3 Å². The Bertz CT molecular complexity index is 423. The van der Waals surface area contributed by atoms with Gasteiger partial charge in [0, 0.05) is 18.0 Å². The fourth-order valence-electron chi connectivity index (χ4n) is 1.75. The number of hydrogen-bond acceptors (Lipinski definition) is 3. The van der Waals surface area contributed by atoms with Crippen molar-refractivity contribution in [3.05, 3.63) is 22.4 Å². The fraction of sp³-hybridized carbons (Fsp3) is 0.615. The summed E-state index contributed by atoms with van der Waals surface area (Å²) in [4.78, 5) is 6.59. The lowest BCUT2D eigenvalue weighted by Gasteiger charge is -2.17. The first-order chi connectivity index (χ1) is 9.87. The SMILES string of the molecule is CN(CCCN=C(N)NCCc1cccs1)CC(F)(F)F.I. The summed E-state index contributed by atoms with van der Waals surface area (Å²) < 4.78 is 36.3. The van der Waals surface area contributed by atoms with Gasteiger partial charge in [-0.05, 0) is 37.9 Å². The van der Waals surface area contributed by atoms with Crippen molar-refractivity contribution in [1.29, 1.82) is 0 Å². The molecule has 0 atom stereocenters. The van der Waals surface area contributed by atoms with Crippen molar-refractivity contribution < 1.29 is 13.2 Å². The molecule has 0 bridgehead atoms. The molecule has 128 valence electrons. The summed E-state index contributed by atoms with van der Waals surface area (Å²) in [5.74, 6) is 0.338. The summed E-state index contributed by atoms with van der Waals surface area (Å²) in [6.45, 7) is 0.556. The molecule has 1 aromatic heterocycles. The van der Waals surface area contributed by atoms with Gasteiger partial charge < -0.3 is 11.1 Å². The third-order valence-electron chi connectivity index (χ3n) is 2.69. The maximum Gasteiger partial charge on any atom is 0.401 e. The zero-order valence-electron chi connectivity index (χ0n) is 12.4. The lowest BCUT2D eigenvalue weighted by atomic mass is 10.3. The van der Waals surface area contributed by atoms with Gasteiger partial charge in [0.25, 0.3) is 0 Å². The van der Waals surface area contributed by atoms with Crippen LogP contribution < -0.4 is 11.1 Å². The van der Waals surface area contributed by atoms with E-state index < -0.39 is 12.7 Å². The summed E-state index contributed by atoms with van der Waals surface area (Å²) in [6.07, 6.45) is -2.73. The molecule has 0 amide bonds. The number of nitrogens with two attached hydrogens (primary N) is 1. The van der Waals surface area contributed by atoms with Gasteiger partial charge in [0.05, 0.1) is 6.54 Å². The Morgan fingerprint density at radius 2 is 2.18 bits per heavy atom. The Morgan fingerprint density at radius 3 is 2.77 bits per heavy atom. The average Bonchev–Trinajstić information content (AvgIpc) is 2.85. The van der Waals surface area contributed by atoms with Crippen LogP contribution in [0.2, 0.25) is 0 Å². The second-order valence-corrected chi connectivity index (χ2v) is 5.76. The van der Waals surface area contributed by atoms with Gasteiger partial charge in [-0.15, -0.1) is 35.3 Å². The molecule has 0 aliphatic rings. The summed E-state index contributed by atoms with van der Waals surface area (Å²) in [5, 5.41) is 5.01. The largest absolute Gasteiger partial charge is 0.401 e. The standard InChI is InChI=1S/C13H21F3N4S.HI/c1-20(10-13(14,15)16)8-3-6-18-12(17)19-7-5-11-4-2-9-21-11;/h2,4,9H,3,5-8,10H2,1H3,(H3,17,18,19);1H. The molecule has 0 saturated carbocycles. The van der Waals surface area contributed by atoms with E-state index in [1.165, 1.54) is 16.8 Å². The molecule has 1 aromatic rings. The number of nitrogens with one attached hydrogen (secondary N) is 1. The van der Waals surface area contributed by atoms with Gasteiger partial charge in [-0.1, -0.05) is 6.07 Å². The van der Waals surface area contributed by atoms with Crippen LogP contribution in [0, 0.1) is 0 Å². The number of rotatable bonds is 8. The molecule has 3 N–H and O–H groups in total. The molecule has 1 rings (SSSR count). The highest BCUT2D eigenvalue weighted by Gasteiger charge is 2.28. The summed E-state index contributed by atoms with van der Waals surface area (Å²) >= 11 is 1.69. The molecule has 0 unspecified atom stereocenters. The lowest BCUT2D eigenvalue weighted by molar-refractivity contribution is -0.143. The van der Waals surface area contributed by atoms with Gasteiger partial charge >= 0.3 is 6.18 Å². The Morgan fingerprint density at radius 1 is 1.45 bits per heavy atom. The van der Waals surface area contributed by atoms with E-state index in [9.17, 15) is 13.2 Å². The molecule has 0 fully saturated rings. The summed E-state index contributed by atoms with van der Waals surface area (Å²) in [5.41, 5.74) is 5.68. The molecule has 4 nitrogen and oxygen atoms in total. The van der Waals surface area contributed by atoms with Crippen LogP contribution in [0.5, 0.6) is 0 Å². The van der Waals surface area contributed by atoms with Crippen molar-refractivity contribution in [2.75, 3.05) is 33.2 Å². The number of halogens is 4. The summed E-state index contributed by atoms with van der Waals surface area (Å²) in [7, 11) is 1.44. The van der Waals surface area contributed by atoms with Gasteiger partial charge in [-0.3, -0.25) is 9.89 Å². The maximum absolute atomic E-state index is 12.1. The van der Waals surface area contributed by atoms with Crippen molar-refractivity contribution in [2.24, 2.45) is 10.7 Å². The molecular formula is C13H22F3IN4S. The van der Waals surface area contributed by atoms with Crippen molar-refractivity contribution in [2.45, 2.75) is 19.0 Å². The Balaban J connectivity index is 0.00000441. The predicted molar refractivity (Wildman–Crippen MR) is 96.1 cm³/mol. The fourth-order valence-corrected chi connectivity index (χ4v) is 2.46. The van der Waals surface area contributed by atoms with E-state index in [0.29, 0.717) is 32.0 Å². The first-order valence-corrected chi connectivity index (χ1v) is 7.56. The molecule has 0 aliphatic heterocycles. The lowest BCUT2D eigenvalue weighted by Crippen LogP contribution is -2.34. The first kappa shape index (κ1) is 21.4. The third kappa shape index (κ3) is 11.1. The maximum atomic E-state index is 12.1. The van der Waals surface area contributed by atoms with E-state index in [2.05, 4.69) is 16.4 Å². The minimum Gasteiger partial charge on any atom is -0.370 e. The molecule has 0 aromatic carbocycles. The Hall–Kier alpha value is -0.550. The van der Waals surface area contributed by atoms with Crippen LogP contribution in [0.3, 0.4) is 0 Å². The number of hydrogen-bond donors (Lipinski definition) is 2. The zero-order chi connectivity index (χ0) is 15.7. The molecular weight excluding hydrogens is 428 g/mol. The summed E-state index contributed by atoms with van der Waals surface area (Å²) in [6, 6.07) is 4.05. The predicted octanol–water partition coefficient (Wildman–Crippen LogP) is 2.70. The van der Waals surface area contributed by atoms with Crippen molar-refractivity contribution in [3.63, 3.8) is 0 Å². The van der Waals surface area contributed by atoms with Crippen LogP contribution in [0.15, 0.2) is 22.5 Å². The normalized spacial score (nSPS) is 12.3. The second kappa shape index (κ2) is 11.1. The molecule has 9 heteroatoms. The van der Waals surface area contributed by atoms with E-state index in [-0.39, 0.29) is 24.0 Å². The van der Waals surface area contributed by atoms with Crippen molar-refractivity contribution in [1.82, 2.24) is 10.2 Å². The minimum atomic E-state index is -4.15. The van der Waals surface area contributed by atoms with Gasteiger partial charge in [0.1, 0.15) is 0 Å². The quantitative estimate of drug-likeness (QED) is 0.277.